The van der Waals surface area contributed by atoms with Crippen LogP contribution < -0.4 is 10.6 Å². The fourth-order valence-electron chi connectivity index (χ4n) is 2.44. The van der Waals surface area contributed by atoms with Crippen LogP contribution in [0.3, 0.4) is 0 Å². The second-order valence-electron chi connectivity index (χ2n) is 5.69. The molecule has 2 rings (SSSR count). The number of carboxylic acids is 1. The van der Waals surface area contributed by atoms with Crippen molar-refractivity contribution in [1.82, 2.24) is 15.1 Å². The molecule has 1 heterocycles. The molecule has 0 aliphatic carbocycles. The number of carbonyl (C=O) groups is 2. The fraction of sp³-hybridized carbons (Fsp3) is 0.353. The van der Waals surface area contributed by atoms with Crippen molar-refractivity contribution in [2.24, 2.45) is 0 Å². The summed E-state index contributed by atoms with van der Waals surface area (Å²) in [4.78, 5) is 22.3. The Hall–Kier alpha value is -3.04. The van der Waals surface area contributed by atoms with Crippen LogP contribution in [0, 0.1) is 0 Å². The first-order valence-electron chi connectivity index (χ1n) is 8.23. The Morgan fingerprint density at radius 2 is 1.89 bits per heavy atom. The first-order valence-corrected chi connectivity index (χ1v) is 8.23. The topological polar surface area (TPSA) is 96.2 Å². The predicted octanol–water partition coefficient (Wildman–Crippen LogP) is 3.44. The van der Waals surface area contributed by atoms with Gasteiger partial charge in [-0.1, -0.05) is 6.92 Å². The smallest absolute Gasteiger partial charge is 0.416 e. The minimum Gasteiger partial charge on any atom is -0.481 e. The van der Waals surface area contributed by atoms with Gasteiger partial charge in [0.05, 0.1) is 28.8 Å². The Labute approximate surface area is 153 Å². The molecule has 0 radical (unpaired) electrons. The summed E-state index contributed by atoms with van der Waals surface area (Å²) in [5.74, 6) is -0.941. The highest BCUT2D eigenvalue weighted by Gasteiger charge is 2.30. The van der Waals surface area contributed by atoms with Gasteiger partial charge in [-0.25, -0.2) is 9.48 Å². The van der Waals surface area contributed by atoms with Gasteiger partial charge in [-0.05, 0) is 37.1 Å². The number of nitrogens with one attached hydrogen (secondary N) is 2. The maximum absolute atomic E-state index is 12.7. The molecule has 2 amide bonds. The molecule has 0 atom stereocenters. The standard InChI is InChI=1S/C17H19F3N4O3/c1-2-14-13(23-16(27)21-9-3-4-15(25)26)10-22-24(14)12-7-5-11(6-8-12)17(18,19)20/h5-8,10H,2-4,9H2,1H3,(H,25,26)(H2,21,23,27). The molecule has 2 aromatic rings. The maximum atomic E-state index is 12.7. The number of hydrogen-bond donors (Lipinski definition) is 3. The molecule has 3 N–H and O–H groups in total. The van der Waals surface area contributed by atoms with Crippen LogP contribution in [-0.4, -0.2) is 33.4 Å². The molecular formula is C17H19F3N4O3. The number of alkyl halides is 3. The third-order valence-corrected chi connectivity index (χ3v) is 3.74. The first-order chi connectivity index (χ1) is 12.7. The average molecular weight is 384 g/mol. The van der Waals surface area contributed by atoms with Crippen LogP contribution in [0.15, 0.2) is 30.5 Å². The minimum atomic E-state index is -4.42. The number of rotatable bonds is 7. The number of amides is 2. The molecule has 7 nitrogen and oxygen atoms in total. The second kappa shape index (κ2) is 8.56. The van der Waals surface area contributed by atoms with E-state index < -0.39 is 23.7 Å². The van der Waals surface area contributed by atoms with E-state index in [0.29, 0.717) is 29.9 Å². The fourth-order valence-corrected chi connectivity index (χ4v) is 2.44. The van der Waals surface area contributed by atoms with Crippen LogP contribution in [0.2, 0.25) is 0 Å². The van der Waals surface area contributed by atoms with Crippen molar-refractivity contribution in [1.29, 1.82) is 0 Å². The van der Waals surface area contributed by atoms with Gasteiger partial charge in [-0.15, -0.1) is 0 Å². The Balaban J connectivity index is 2.08. The third kappa shape index (κ3) is 5.47. The summed E-state index contributed by atoms with van der Waals surface area (Å²) in [5.41, 5.74) is 0.730. The molecule has 0 unspecified atom stereocenters. The van der Waals surface area contributed by atoms with E-state index in [4.69, 9.17) is 5.11 Å². The van der Waals surface area contributed by atoms with Crippen LogP contribution >= 0.6 is 0 Å². The molecule has 1 aromatic carbocycles. The summed E-state index contributed by atoms with van der Waals surface area (Å²) in [5, 5.41) is 17.8. The zero-order valence-electron chi connectivity index (χ0n) is 14.5. The summed E-state index contributed by atoms with van der Waals surface area (Å²) in [6.45, 7) is 2.03. The van der Waals surface area contributed by atoms with E-state index in [1.807, 2.05) is 6.92 Å². The highest BCUT2D eigenvalue weighted by atomic mass is 19.4. The van der Waals surface area contributed by atoms with Crippen LogP contribution in [0.25, 0.3) is 5.69 Å². The molecule has 0 saturated heterocycles. The van der Waals surface area contributed by atoms with Crippen molar-refractivity contribution < 1.29 is 27.9 Å². The molecule has 0 spiro atoms. The average Bonchev–Trinajstić information content (AvgIpc) is 3.00. The van der Waals surface area contributed by atoms with E-state index in [2.05, 4.69) is 15.7 Å². The maximum Gasteiger partial charge on any atom is 0.416 e. The molecule has 0 fully saturated rings. The molecule has 1 aromatic heterocycles. The number of aliphatic carboxylic acids is 1. The zero-order chi connectivity index (χ0) is 20.0. The Morgan fingerprint density at radius 1 is 1.22 bits per heavy atom. The summed E-state index contributed by atoms with van der Waals surface area (Å²) in [6, 6.07) is 4.05. The number of nitrogens with zero attached hydrogens (tertiary/aromatic N) is 2. The van der Waals surface area contributed by atoms with Crippen LogP contribution in [0.4, 0.5) is 23.7 Å². The summed E-state index contributed by atoms with van der Waals surface area (Å²) in [6.07, 6.45) is -2.27. The van der Waals surface area contributed by atoms with Crippen molar-refractivity contribution in [3.8, 4) is 5.69 Å². The molecule has 0 bridgehead atoms. The number of carboxylic acid groups (broad SMARTS) is 1. The van der Waals surface area contributed by atoms with Gasteiger partial charge in [-0.3, -0.25) is 4.79 Å². The monoisotopic (exact) mass is 384 g/mol. The lowest BCUT2D eigenvalue weighted by atomic mass is 10.2. The zero-order valence-corrected chi connectivity index (χ0v) is 14.5. The molecule has 0 aliphatic rings. The molecule has 0 aliphatic heterocycles. The lowest BCUT2D eigenvalue weighted by Gasteiger charge is -2.11. The molecule has 0 saturated carbocycles. The van der Waals surface area contributed by atoms with Crippen molar-refractivity contribution in [2.45, 2.75) is 32.4 Å². The third-order valence-electron chi connectivity index (χ3n) is 3.74. The van der Waals surface area contributed by atoms with E-state index in [-0.39, 0.29) is 13.0 Å². The van der Waals surface area contributed by atoms with E-state index in [1.165, 1.54) is 23.0 Å². The summed E-state index contributed by atoms with van der Waals surface area (Å²) >= 11 is 0. The molecule has 10 heteroatoms. The van der Waals surface area contributed by atoms with Gasteiger partial charge in [0.2, 0.25) is 0 Å². The van der Waals surface area contributed by atoms with Crippen molar-refractivity contribution in [3.05, 3.63) is 41.7 Å². The lowest BCUT2D eigenvalue weighted by Crippen LogP contribution is -2.30. The SMILES string of the molecule is CCc1c(NC(=O)NCCCC(=O)O)cnn1-c1ccc(C(F)(F)F)cc1. The second-order valence-corrected chi connectivity index (χ2v) is 5.69. The first kappa shape index (κ1) is 20.3. The highest BCUT2D eigenvalue weighted by molar-refractivity contribution is 5.89. The number of benzene rings is 1. The van der Waals surface area contributed by atoms with Gasteiger partial charge in [0, 0.05) is 13.0 Å². The van der Waals surface area contributed by atoms with Gasteiger partial charge < -0.3 is 15.7 Å². The number of aromatic nitrogens is 2. The Bertz CT molecular complexity index is 801. The summed E-state index contributed by atoms with van der Waals surface area (Å²) < 4.78 is 39.5. The number of hydrogen-bond acceptors (Lipinski definition) is 3. The van der Waals surface area contributed by atoms with Crippen LogP contribution in [0.5, 0.6) is 0 Å². The summed E-state index contributed by atoms with van der Waals surface area (Å²) in [7, 11) is 0. The van der Waals surface area contributed by atoms with Gasteiger partial charge in [0.1, 0.15) is 0 Å². The van der Waals surface area contributed by atoms with Crippen molar-refractivity contribution >= 4 is 17.7 Å². The largest absolute Gasteiger partial charge is 0.481 e. The van der Waals surface area contributed by atoms with Gasteiger partial charge >= 0.3 is 18.2 Å². The number of urea groups is 1. The highest BCUT2D eigenvalue weighted by Crippen LogP contribution is 2.30. The van der Waals surface area contributed by atoms with E-state index in [0.717, 1.165) is 12.1 Å². The van der Waals surface area contributed by atoms with Crippen LogP contribution in [-0.2, 0) is 17.4 Å². The van der Waals surface area contributed by atoms with E-state index in [1.54, 1.807) is 0 Å². The molecular weight excluding hydrogens is 365 g/mol. The van der Waals surface area contributed by atoms with E-state index in [9.17, 15) is 22.8 Å². The number of anilines is 1. The normalized spacial score (nSPS) is 11.3. The van der Waals surface area contributed by atoms with Gasteiger partial charge in [0.25, 0.3) is 0 Å². The molecule has 27 heavy (non-hydrogen) atoms. The quantitative estimate of drug-likeness (QED) is 0.637. The lowest BCUT2D eigenvalue weighted by molar-refractivity contribution is -0.138. The number of halogens is 3. The Morgan fingerprint density at radius 3 is 2.44 bits per heavy atom. The van der Waals surface area contributed by atoms with E-state index >= 15 is 0 Å². The van der Waals surface area contributed by atoms with Gasteiger partial charge in [-0.2, -0.15) is 18.3 Å². The van der Waals surface area contributed by atoms with Crippen molar-refractivity contribution in [3.63, 3.8) is 0 Å². The minimum absolute atomic E-state index is 0.0493. The predicted molar refractivity (Wildman–Crippen MR) is 91.8 cm³/mol. The van der Waals surface area contributed by atoms with Gasteiger partial charge in [0.15, 0.2) is 0 Å². The van der Waals surface area contributed by atoms with Crippen LogP contribution in [0.1, 0.15) is 31.0 Å². The Kier molecular flexibility index (Phi) is 6.43. The van der Waals surface area contributed by atoms with Crippen molar-refractivity contribution in [2.75, 3.05) is 11.9 Å². The number of carbonyl (C=O) groups excluding carboxylic acids is 1. The molecule has 146 valence electrons.